The second-order valence-electron chi connectivity index (χ2n) is 6.67. The number of rotatable bonds is 2. The van der Waals surface area contributed by atoms with Crippen molar-refractivity contribution in [2.75, 3.05) is 18.8 Å². The van der Waals surface area contributed by atoms with Crippen LogP contribution < -0.4 is 10.3 Å². The Morgan fingerprint density at radius 3 is 2.59 bits per heavy atom. The molecule has 2 heterocycles. The number of pyridine rings is 1. The summed E-state index contributed by atoms with van der Waals surface area (Å²) in [5.41, 5.74) is 6.49. The number of ether oxygens (including phenoxy) is 1. The average Bonchev–Trinajstić information content (AvgIpc) is 2.46. The summed E-state index contributed by atoms with van der Waals surface area (Å²) < 4.78 is 7.01. The molecule has 3 N–H and O–H groups in total. The Hall–Kier alpha value is -2.11. The first-order valence-corrected chi connectivity index (χ1v) is 7.59. The van der Waals surface area contributed by atoms with Crippen LogP contribution in [0.3, 0.4) is 0 Å². The Morgan fingerprint density at radius 2 is 2.05 bits per heavy atom. The van der Waals surface area contributed by atoms with Gasteiger partial charge in [-0.05, 0) is 51.2 Å². The topological polar surface area (TPSA) is 83.3 Å². The van der Waals surface area contributed by atoms with Gasteiger partial charge in [0.2, 0.25) is 12.2 Å². The van der Waals surface area contributed by atoms with Gasteiger partial charge in [-0.15, -0.1) is 0 Å². The first-order valence-electron chi connectivity index (χ1n) is 7.59. The second kappa shape index (κ2) is 6.34. The lowest BCUT2D eigenvalue weighted by molar-refractivity contribution is -0.531. The molecule has 1 aromatic heterocycles. The molecule has 0 saturated carbocycles. The number of hydrogen-bond acceptors (Lipinski definition) is 4. The van der Waals surface area contributed by atoms with E-state index >= 15 is 0 Å². The maximum Gasteiger partial charge on any atom is 0.410 e. The zero-order valence-corrected chi connectivity index (χ0v) is 13.5. The van der Waals surface area contributed by atoms with E-state index in [1.165, 1.54) is 6.34 Å². The fourth-order valence-corrected chi connectivity index (χ4v) is 2.62. The third-order valence-electron chi connectivity index (χ3n) is 3.79. The molecular weight excluding hydrogens is 280 g/mol. The number of aromatic nitrogens is 1. The molecule has 0 bridgehead atoms. The second-order valence-corrected chi connectivity index (χ2v) is 6.67. The van der Waals surface area contributed by atoms with E-state index in [9.17, 15) is 4.79 Å². The maximum atomic E-state index is 12.1. The predicted molar refractivity (Wildman–Crippen MR) is 85.0 cm³/mol. The predicted octanol–water partition coefficient (Wildman–Crippen LogP) is 2.13. The van der Waals surface area contributed by atoms with Crippen molar-refractivity contribution in [3.63, 3.8) is 0 Å². The van der Waals surface area contributed by atoms with E-state index in [-0.39, 0.29) is 6.09 Å². The van der Waals surface area contributed by atoms with Crippen LogP contribution in [0.25, 0.3) is 0 Å². The van der Waals surface area contributed by atoms with Gasteiger partial charge in [-0.2, -0.15) is 5.41 Å². The summed E-state index contributed by atoms with van der Waals surface area (Å²) in [6.07, 6.45) is 4.64. The van der Waals surface area contributed by atoms with Crippen molar-refractivity contribution in [2.45, 2.75) is 45.1 Å². The lowest BCUT2D eigenvalue weighted by Gasteiger charge is -2.33. The van der Waals surface area contributed by atoms with Crippen molar-refractivity contribution in [1.29, 1.82) is 5.41 Å². The summed E-state index contributed by atoms with van der Waals surface area (Å²) in [6.45, 7) is 7.01. The van der Waals surface area contributed by atoms with E-state index in [0.29, 0.717) is 24.8 Å². The molecule has 0 spiro atoms. The first kappa shape index (κ1) is 16.3. The highest BCUT2D eigenvalue weighted by Gasteiger charge is 2.27. The van der Waals surface area contributed by atoms with E-state index in [2.05, 4.69) is 0 Å². The Kier molecular flexibility index (Phi) is 4.68. The van der Waals surface area contributed by atoms with E-state index in [4.69, 9.17) is 15.9 Å². The van der Waals surface area contributed by atoms with Crippen molar-refractivity contribution in [3.05, 3.63) is 23.9 Å². The molecule has 0 unspecified atom stereocenters. The molecule has 1 fully saturated rings. The largest absolute Gasteiger partial charge is 0.444 e. The number of carbonyl (C=O) groups excluding carboxylic acids is 1. The molecule has 0 aromatic carbocycles. The van der Waals surface area contributed by atoms with Crippen LogP contribution in [-0.4, -0.2) is 36.0 Å². The Balaban J connectivity index is 1.97. The van der Waals surface area contributed by atoms with E-state index in [1.54, 1.807) is 9.47 Å². The summed E-state index contributed by atoms with van der Waals surface area (Å²) >= 11 is 0. The Morgan fingerprint density at radius 1 is 1.41 bits per heavy atom. The molecule has 0 radical (unpaired) electrons. The van der Waals surface area contributed by atoms with Crippen LogP contribution >= 0.6 is 0 Å². The molecule has 6 heteroatoms. The summed E-state index contributed by atoms with van der Waals surface area (Å²) in [6, 6.07) is 3.82. The van der Waals surface area contributed by atoms with Crippen molar-refractivity contribution >= 4 is 18.2 Å². The molecular formula is C16H25N4O2+. The standard InChI is InChI=1S/C16H24N4O2/c1-16(2,3)22-15(21)19-8-6-12(7-9-19)13-4-5-14(18)20(10-13)11-17/h4-5,10-12,17-18H,6-9H2,1-3H3/p+1. The van der Waals surface area contributed by atoms with Crippen LogP contribution in [0.1, 0.15) is 45.1 Å². The van der Waals surface area contributed by atoms with E-state index in [0.717, 1.165) is 18.4 Å². The highest BCUT2D eigenvalue weighted by molar-refractivity contribution is 5.68. The Bertz CT molecular complexity index is 558. The zero-order chi connectivity index (χ0) is 16.3. The van der Waals surface area contributed by atoms with Crippen LogP contribution in [0.2, 0.25) is 0 Å². The number of nitrogens with one attached hydrogen (secondary N) is 1. The molecule has 0 aliphatic carbocycles. The molecule has 1 aliphatic rings. The number of carbonyl (C=O) groups is 1. The van der Waals surface area contributed by atoms with Gasteiger partial charge in [0.15, 0.2) is 0 Å². The minimum atomic E-state index is -0.458. The number of nitrogens with two attached hydrogens (primary N) is 1. The van der Waals surface area contributed by atoms with E-state index in [1.807, 2.05) is 39.1 Å². The van der Waals surface area contributed by atoms with Gasteiger partial charge in [0.25, 0.3) is 0 Å². The van der Waals surface area contributed by atoms with Crippen LogP contribution in [0.4, 0.5) is 10.6 Å². The first-order chi connectivity index (χ1) is 10.3. The smallest absolute Gasteiger partial charge is 0.410 e. The number of anilines is 1. The van der Waals surface area contributed by atoms with Crippen LogP contribution in [0, 0.1) is 5.41 Å². The van der Waals surface area contributed by atoms with Crippen molar-refractivity contribution < 1.29 is 14.1 Å². The van der Waals surface area contributed by atoms with Crippen molar-refractivity contribution in [3.8, 4) is 0 Å². The van der Waals surface area contributed by atoms with Gasteiger partial charge in [-0.3, -0.25) is 0 Å². The van der Waals surface area contributed by atoms with Crippen LogP contribution in [0.15, 0.2) is 18.3 Å². The number of likely N-dealkylation sites (tertiary alicyclic amines) is 1. The molecule has 120 valence electrons. The van der Waals surface area contributed by atoms with Crippen molar-refractivity contribution in [2.24, 2.45) is 0 Å². The van der Waals surface area contributed by atoms with E-state index < -0.39 is 5.60 Å². The van der Waals surface area contributed by atoms with Crippen LogP contribution in [0.5, 0.6) is 0 Å². The third-order valence-corrected chi connectivity index (χ3v) is 3.79. The van der Waals surface area contributed by atoms with Gasteiger partial charge in [0.1, 0.15) is 5.60 Å². The molecule has 1 saturated heterocycles. The maximum absolute atomic E-state index is 12.1. The molecule has 2 rings (SSSR count). The average molecular weight is 305 g/mol. The zero-order valence-electron chi connectivity index (χ0n) is 13.5. The monoisotopic (exact) mass is 305 g/mol. The third kappa shape index (κ3) is 3.96. The van der Waals surface area contributed by atoms with Gasteiger partial charge in [-0.25, -0.2) is 9.36 Å². The van der Waals surface area contributed by atoms with Gasteiger partial charge in [0.05, 0.1) is 6.20 Å². The summed E-state index contributed by atoms with van der Waals surface area (Å²) in [5.74, 6) is 0.926. The van der Waals surface area contributed by atoms with Gasteiger partial charge < -0.3 is 15.4 Å². The molecule has 0 atom stereocenters. The SMILES string of the molecule is CC(C)(C)OC(=O)N1CCC(c2ccc(N)[n+](C=N)c2)CC1. The van der Waals surface area contributed by atoms with Gasteiger partial charge >= 0.3 is 6.09 Å². The quantitative estimate of drug-likeness (QED) is 0.499. The fourth-order valence-electron chi connectivity index (χ4n) is 2.62. The van der Waals surface area contributed by atoms with Crippen molar-refractivity contribution in [1.82, 2.24) is 4.90 Å². The molecule has 1 amide bonds. The highest BCUT2D eigenvalue weighted by Crippen LogP contribution is 2.28. The summed E-state index contributed by atoms with van der Waals surface area (Å²) in [4.78, 5) is 13.8. The lowest BCUT2D eigenvalue weighted by atomic mass is 9.90. The molecule has 22 heavy (non-hydrogen) atoms. The lowest BCUT2D eigenvalue weighted by Crippen LogP contribution is -2.42. The minimum absolute atomic E-state index is 0.238. The van der Waals surface area contributed by atoms with Gasteiger partial charge in [0, 0.05) is 19.2 Å². The minimum Gasteiger partial charge on any atom is -0.444 e. The summed E-state index contributed by atoms with van der Waals surface area (Å²) in [7, 11) is 0. The molecule has 6 nitrogen and oxygen atoms in total. The molecule has 1 aromatic rings. The Labute approximate surface area is 131 Å². The fraction of sp³-hybridized carbons (Fsp3) is 0.562. The number of hydrogen-bond donors (Lipinski definition) is 2. The van der Waals surface area contributed by atoms with Gasteiger partial charge in [-0.1, -0.05) is 0 Å². The van der Waals surface area contributed by atoms with Crippen LogP contribution in [-0.2, 0) is 4.74 Å². The number of nitrogen functional groups attached to an aromatic ring is 1. The number of amides is 1. The number of nitrogens with zero attached hydrogens (tertiary/aromatic N) is 2. The normalized spacial score (nSPS) is 16.4. The number of piperidine rings is 1. The highest BCUT2D eigenvalue weighted by atomic mass is 16.6. The summed E-state index contributed by atoms with van der Waals surface area (Å²) in [5, 5.41) is 7.36. The molecule has 1 aliphatic heterocycles.